The molecule has 0 atom stereocenters. The van der Waals surface area contributed by atoms with Gasteiger partial charge in [0.25, 0.3) is 5.71 Å². The van der Waals surface area contributed by atoms with Gasteiger partial charge in [0.1, 0.15) is 17.5 Å². The van der Waals surface area contributed by atoms with E-state index in [1.54, 1.807) is 6.92 Å². The molecule has 1 aromatic carbocycles. The van der Waals surface area contributed by atoms with Crippen LogP contribution in [0.5, 0.6) is 0 Å². The average molecular weight is 381 g/mol. The predicted molar refractivity (Wildman–Crippen MR) is 106 cm³/mol. The maximum absolute atomic E-state index is 12.1. The second kappa shape index (κ2) is 7.84. The van der Waals surface area contributed by atoms with E-state index in [9.17, 15) is 4.79 Å². The van der Waals surface area contributed by atoms with Gasteiger partial charge in [-0.1, -0.05) is 12.1 Å². The van der Waals surface area contributed by atoms with Crippen LogP contribution in [0.3, 0.4) is 0 Å². The summed E-state index contributed by atoms with van der Waals surface area (Å²) in [5, 5.41) is 7.44. The Morgan fingerprint density at radius 1 is 1.25 bits per heavy atom. The third-order valence-electron chi connectivity index (χ3n) is 5.02. The van der Waals surface area contributed by atoms with E-state index in [1.807, 2.05) is 12.1 Å². The predicted octanol–water partition coefficient (Wildman–Crippen LogP) is 3.77. The third-order valence-corrected chi connectivity index (χ3v) is 5.02. The molecule has 1 saturated heterocycles. The van der Waals surface area contributed by atoms with Gasteiger partial charge in [-0.3, -0.25) is 0 Å². The van der Waals surface area contributed by atoms with Crippen LogP contribution >= 0.6 is 0 Å². The number of nitrogens with one attached hydrogen (secondary N) is 1. The Bertz CT molecular complexity index is 962. The average Bonchev–Trinajstić information content (AvgIpc) is 3.15. The quantitative estimate of drug-likeness (QED) is 0.668. The first-order chi connectivity index (χ1) is 13.7. The van der Waals surface area contributed by atoms with Gasteiger partial charge >= 0.3 is 5.97 Å². The zero-order valence-corrected chi connectivity index (χ0v) is 16.0. The highest BCUT2D eigenvalue weighted by atomic mass is 16.5. The van der Waals surface area contributed by atoms with E-state index in [1.165, 1.54) is 24.9 Å². The van der Waals surface area contributed by atoms with Crippen LogP contribution in [0.1, 0.15) is 37.2 Å². The number of rotatable bonds is 5. The monoisotopic (exact) mass is 381 g/mol. The molecule has 146 valence electrons. The molecule has 0 bridgehead atoms. The van der Waals surface area contributed by atoms with Gasteiger partial charge in [-0.15, -0.1) is 0 Å². The highest BCUT2D eigenvalue weighted by molar-refractivity contribution is 6.05. The van der Waals surface area contributed by atoms with Crippen molar-refractivity contribution in [2.75, 3.05) is 29.9 Å². The molecule has 1 N–H and O–H groups in total. The fourth-order valence-electron chi connectivity index (χ4n) is 3.38. The Hall–Kier alpha value is -3.16. The number of anilines is 3. The molecule has 0 spiro atoms. The van der Waals surface area contributed by atoms with Crippen LogP contribution in [0.2, 0.25) is 0 Å². The van der Waals surface area contributed by atoms with Crippen molar-refractivity contribution < 1.29 is 14.1 Å². The Morgan fingerprint density at radius 2 is 2.00 bits per heavy atom. The largest absolute Gasteiger partial charge is 0.461 e. The number of carbonyl (C=O) groups excluding carboxylic acids is 1. The number of fused-ring (bicyclic) bond motifs is 1. The Kier molecular flexibility index (Phi) is 5.10. The van der Waals surface area contributed by atoms with Crippen LogP contribution in [-0.4, -0.2) is 40.8 Å². The number of carbonyl (C=O) groups is 1. The van der Waals surface area contributed by atoms with E-state index in [-0.39, 0.29) is 18.0 Å². The van der Waals surface area contributed by atoms with Gasteiger partial charge in [-0.25, -0.2) is 9.78 Å². The summed E-state index contributed by atoms with van der Waals surface area (Å²) in [6.45, 7) is 6.47. The molecule has 1 aliphatic rings. The third kappa shape index (κ3) is 3.62. The summed E-state index contributed by atoms with van der Waals surface area (Å²) in [4.78, 5) is 22.8. The van der Waals surface area contributed by atoms with Crippen LogP contribution in [0.4, 0.5) is 17.2 Å². The maximum Gasteiger partial charge on any atom is 0.361 e. The van der Waals surface area contributed by atoms with Crippen LogP contribution in [-0.2, 0) is 4.74 Å². The summed E-state index contributed by atoms with van der Waals surface area (Å²) in [6.07, 6.45) is 3.82. The molecule has 3 aromatic rings. The number of piperidine rings is 1. The SMILES string of the molecule is CCOC(=O)c1noc2ncnc(Nc3ccc(N4CCC(C)CC4)cc3)c12. The fourth-order valence-corrected chi connectivity index (χ4v) is 3.38. The summed E-state index contributed by atoms with van der Waals surface area (Å²) in [7, 11) is 0. The van der Waals surface area contributed by atoms with Gasteiger partial charge in [0.05, 0.1) is 6.61 Å². The fraction of sp³-hybridized carbons (Fsp3) is 0.400. The van der Waals surface area contributed by atoms with Gasteiger partial charge in [-0.2, -0.15) is 4.98 Å². The molecule has 4 rings (SSSR count). The van der Waals surface area contributed by atoms with E-state index in [2.05, 4.69) is 44.4 Å². The molecule has 3 heterocycles. The second-order valence-corrected chi connectivity index (χ2v) is 7.00. The van der Waals surface area contributed by atoms with Crippen molar-refractivity contribution >= 4 is 34.3 Å². The minimum atomic E-state index is -0.561. The van der Waals surface area contributed by atoms with Crippen LogP contribution in [0.15, 0.2) is 35.1 Å². The molecular weight excluding hydrogens is 358 g/mol. The molecule has 1 aliphatic heterocycles. The molecule has 0 aliphatic carbocycles. The topological polar surface area (TPSA) is 93.4 Å². The number of ether oxygens (including phenoxy) is 1. The summed E-state index contributed by atoms with van der Waals surface area (Å²) >= 11 is 0. The first-order valence-corrected chi connectivity index (χ1v) is 9.55. The minimum Gasteiger partial charge on any atom is -0.461 e. The zero-order valence-electron chi connectivity index (χ0n) is 16.0. The molecule has 1 fully saturated rings. The van der Waals surface area contributed by atoms with Crippen molar-refractivity contribution in [2.45, 2.75) is 26.7 Å². The van der Waals surface area contributed by atoms with Gasteiger partial charge in [0.2, 0.25) is 5.69 Å². The van der Waals surface area contributed by atoms with Crippen molar-refractivity contribution in [1.29, 1.82) is 0 Å². The van der Waals surface area contributed by atoms with Crippen molar-refractivity contribution in [3.63, 3.8) is 0 Å². The molecule has 8 nitrogen and oxygen atoms in total. The van der Waals surface area contributed by atoms with Crippen molar-refractivity contribution in [3.05, 3.63) is 36.3 Å². The normalized spacial score (nSPS) is 15.0. The van der Waals surface area contributed by atoms with E-state index in [4.69, 9.17) is 9.26 Å². The molecular formula is C20H23N5O3. The number of nitrogens with zero attached hydrogens (tertiary/aromatic N) is 4. The van der Waals surface area contributed by atoms with Crippen LogP contribution in [0.25, 0.3) is 11.1 Å². The first-order valence-electron chi connectivity index (χ1n) is 9.55. The van der Waals surface area contributed by atoms with Gasteiger partial charge in [0, 0.05) is 24.5 Å². The molecule has 0 radical (unpaired) electrons. The highest BCUT2D eigenvalue weighted by Gasteiger charge is 2.22. The minimum absolute atomic E-state index is 0.0685. The lowest BCUT2D eigenvalue weighted by Gasteiger charge is -2.32. The van der Waals surface area contributed by atoms with Crippen molar-refractivity contribution in [3.8, 4) is 0 Å². The van der Waals surface area contributed by atoms with Crippen LogP contribution < -0.4 is 10.2 Å². The lowest BCUT2D eigenvalue weighted by Crippen LogP contribution is -2.32. The lowest BCUT2D eigenvalue weighted by molar-refractivity contribution is 0.0517. The standard InChI is InChI=1S/C20H23N5O3/c1-3-27-20(26)17-16-18(21-12-22-19(16)28-24-17)23-14-4-6-15(7-5-14)25-10-8-13(2)9-11-25/h4-7,12-13H,3,8-11H2,1-2H3,(H,21,22,23). The number of hydrogen-bond donors (Lipinski definition) is 1. The molecule has 0 amide bonds. The Balaban J connectivity index is 1.56. The maximum atomic E-state index is 12.1. The highest BCUT2D eigenvalue weighted by Crippen LogP contribution is 2.28. The van der Waals surface area contributed by atoms with Crippen molar-refractivity contribution in [1.82, 2.24) is 15.1 Å². The summed E-state index contributed by atoms with van der Waals surface area (Å²) < 4.78 is 10.2. The van der Waals surface area contributed by atoms with Gasteiger partial charge in [-0.05, 0) is 49.9 Å². The number of esters is 1. The van der Waals surface area contributed by atoms with Crippen LogP contribution in [0, 0.1) is 5.92 Å². The Morgan fingerprint density at radius 3 is 2.71 bits per heavy atom. The second-order valence-electron chi connectivity index (χ2n) is 7.00. The van der Waals surface area contributed by atoms with E-state index in [0.29, 0.717) is 11.2 Å². The first kappa shape index (κ1) is 18.2. The molecule has 8 heteroatoms. The summed E-state index contributed by atoms with van der Waals surface area (Å²) in [5.74, 6) is 0.692. The number of aromatic nitrogens is 3. The number of hydrogen-bond acceptors (Lipinski definition) is 8. The summed E-state index contributed by atoms with van der Waals surface area (Å²) in [6, 6.07) is 8.19. The van der Waals surface area contributed by atoms with E-state index >= 15 is 0 Å². The smallest absolute Gasteiger partial charge is 0.361 e. The number of benzene rings is 1. The van der Waals surface area contributed by atoms with Gasteiger partial charge < -0.3 is 19.5 Å². The molecule has 2 aromatic heterocycles. The van der Waals surface area contributed by atoms with Crippen molar-refractivity contribution in [2.24, 2.45) is 5.92 Å². The molecule has 0 saturated carbocycles. The summed E-state index contributed by atoms with van der Waals surface area (Å²) in [5.41, 5.74) is 2.37. The Labute approximate surface area is 162 Å². The van der Waals surface area contributed by atoms with E-state index < -0.39 is 5.97 Å². The molecule has 28 heavy (non-hydrogen) atoms. The zero-order chi connectivity index (χ0) is 19.5. The van der Waals surface area contributed by atoms with E-state index in [0.717, 1.165) is 24.7 Å². The molecule has 0 unspecified atom stereocenters. The van der Waals surface area contributed by atoms with Gasteiger partial charge in [0.15, 0.2) is 0 Å². The lowest BCUT2D eigenvalue weighted by atomic mass is 9.99.